The van der Waals surface area contributed by atoms with Gasteiger partial charge in [-0.1, -0.05) is 60.7 Å². The molecule has 1 unspecified atom stereocenters. The topological polar surface area (TPSA) is 53.2 Å². The van der Waals surface area contributed by atoms with Crippen LogP contribution in [0.1, 0.15) is 34.5 Å². The summed E-state index contributed by atoms with van der Waals surface area (Å²) in [5.41, 5.74) is 6.48. The summed E-state index contributed by atoms with van der Waals surface area (Å²) in [6, 6.07) is 24.8. The number of carbonyl (C=O) groups excluding carboxylic acids is 1. The minimum absolute atomic E-state index is 0.0488. The Bertz CT molecular complexity index is 969. The summed E-state index contributed by atoms with van der Waals surface area (Å²) in [5, 5.41) is 10.1. The van der Waals surface area contributed by atoms with Gasteiger partial charge in [0.2, 0.25) is 0 Å². The average Bonchev–Trinajstić information content (AvgIpc) is 2.75. The lowest BCUT2D eigenvalue weighted by molar-refractivity contribution is 0.0956. The Morgan fingerprint density at radius 1 is 1.04 bits per heavy atom. The number of rotatable bonds is 5. The Morgan fingerprint density at radius 2 is 1.82 bits per heavy atom. The Hall–Kier alpha value is -3.11. The van der Waals surface area contributed by atoms with E-state index in [9.17, 15) is 4.79 Å². The van der Waals surface area contributed by atoms with Crippen LogP contribution < -0.4 is 16.0 Å². The predicted molar refractivity (Wildman–Crippen MR) is 114 cm³/mol. The molecule has 3 aromatic carbocycles. The van der Waals surface area contributed by atoms with Gasteiger partial charge in [0.05, 0.1) is 6.04 Å². The second-order valence-electron chi connectivity index (χ2n) is 7.01. The molecule has 1 aliphatic heterocycles. The first-order valence-electron chi connectivity index (χ1n) is 9.79. The first-order valence-corrected chi connectivity index (χ1v) is 9.79. The molecule has 0 bridgehead atoms. The number of carbonyl (C=O) groups is 1. The van der Waals surface area contributed by atoms with Crippen LogP contribution in [-0.2, 0) is 6.54 Å². The third-order valence-corrected chi connectivity index (χ3v) is 5.13. The van der Waals surface area contributed by atoms with E-state index in [1.165, 1.54) is 11.1 Å². The molecule has 0 aliphatic carbocycles. The number of fused-ring (bicyclic) bond motifs is 1. The third-order valence-electron chi connectivity index (χ3n) is 5.13. The molecule has 142 valence electrons. The molecule has 4 nitrogen and oxygen atoms in total. The summed E-state index contributed by atoms with van der Waals surface area (Å²) < 4.78 is 0. The summed E-state index contributed by atoms with van der Waals surface area (Å²) in [7, 11) is 0. The number of anilines is 1. The summed E-state index contributed by atoms with van der Waals surface area (Å²) >= 11 is 0. The number of hydrogen-bond acceptors (Lipinski definition) is 3. The average molecular weight is 371 g/mol. The molecule has 1 amide bonds. The molecule has 3 N–H and O–H groups in total. The Kier molecular flexibility index (Phi) is 5.40. The number of hydrogen-bond donors (Lipinski definition) is 3. The normalized spacial score (nSPS) is 15.5. The highest BCUT2D eigenvalue weighted by Gasteiger charge is 2.21. The third kappa shape index (κ3) is 3.78. The van der Waals surface area contributed by atoms with E-state index in [2.05, 4.69) is 52.3 Å². The molecule has 28 heavy (non-hydrogen) atoms. The van der Waals surface area contributed by atoms with Gasteiger partial charge in [-0.15, -0.1) is 0 Å². The molecule has 0 saturated carbocycles. The maximum absolute atomic E-state index is 12.4. The zero-order chi connectivity index (χ0) is 19.3. The maximum Gasteiger partial charge on any atom is 0.251 e. The summed E-state index contributed by atoms with van der Waals surface area (Å²) in [6.45, 7) is 4.28. The van der Waals surface area contributed by atoms with Gasteiger partial charge in [0.25, 0.3) is 5.91 Å². The predicted octanol–water partition coefficient (Wildman–Crippen LogP) is 4.36. The Labute approximate surface area is 166 Å². The molecule has 0 saturated heterocycles. The van der Waals surface area contributed by atoms with Gasteiger partial charge in [0.1, 0.15) is 0 Å². The summed E-state index contributed by atoms with van der Waals surface area (Å²) in [6.07, 6.45) is 0. The van der Waals surface area contributed by atoms with E-state index in [1.807, 2.05) is 43.3 Å². The SMILES string of the molecule is CCNC(=O)c1ccc(-c2ccccc2)c(NC2CNCc3ccccc32)c1. The van der Waals surface area contributed by atoms with Crippen molar-refractivity contribution in [1.29, 1.82) is 0 Å². The molecule has 4 rings (SSSR count). The van der Waals surface area contributed by atoms with Gasteiger partial charge in [0.15, 0.2) is 0 Å². The van der Waals surface area contributed by atoms with Crippen LogP contribution >= 0.6 is 0 Å². The molecule has 1 atom stereocenters. The Morgan fingerprint density at radius 3 is 2.64 bits per heavy atom. The standard InChI is InChI=1S/C24H25N3O/c1-2-26-24(28)18-12-13-21(17-8-4-3-5-9-17)22(14-18)27-23-16-25-15-19-10-6-7-11-20(19)23/h3-14,23,25,27H,2,15-16H2,1H3,(H,26,28). The van der Waals surface area contributed by atoms with Crippen LogP contribution in [0.5, 0.6) is 0 Å². The van der Waals surface area contributed by atoms with Crippen molar-refractivity contribution in [3.05, 3.63) is 89.5 Å². The minimum Gasteiger partial charge on any atom is -0.376 e. The lowest BCUT2D eigenvalue weighted by Gasteiger charge is -2.29. The molecule has 0 radical (unpaired) electrons. The van der Waals surface area contributed by atoms with E-state index < -0.39 is 0 Å². The van der Waals surface area contributed by atoms with Gasteiger partial charge < -0.3 is 16.0 Å². The van der Waals surface area contributed by atoms with Crippen LogP contribution in [0, 0.1) is 0 Å². The summed E-state index contributed by atoms with van der Waals surface area (Å²) in [4.78, 5) is 12.4. The number of amides is 1. The van der Waals surface area contributed by atoms with Crippen molar-refractivity contribution in [3.63, 3.8) is 0 Å². The molecule has 1 heterocycles. The number of benzene rings is 3. The maximum atomic E-state index is 12.4. The van der Waals surface area contributed by atoms with Crippen LogP contribution in [-0.4, -0.2) is 19.0 Å². The lowest BCUT2D eigenvalue weighted by Crippen LogP contribution is -2.32. The molecular formula is C24H25N3O. The van der Waals surface area contributed by atoms with E-state index in [1.54, 1.807) is 0 Å². The molecule has 1 aliphatic rings. The first kappa shape index (κ1) is 18.3. The molecule has 0 spiro atoms. The largest absolute Gasteiger partial charge is 0.376 e. The highest BCUT2D eigenvalue weighted by atomic mass is 16.1. The summed E-state index contributed by atoms with van der Waals surface area (Å²) in [5.74, 6) is -0.0488. The van der Waals surface area contributed by atoms with Crippen molar-refractivity contribution in [2.24, 2.45) is 0 Å². The molecular weight excluding hydrogens is 346 g/mol. The molecule has 0 aromatic heterocycles. The van der Waals surface area contributed by atoms with Gasteiger partial charge in [-0.3, -0.25) is 4.79 Å². The van der Waals surface area contributed by atoms with Crippen molar-refractivity contribution in [2.45, 2.75) is 19.5 Å². The van der Waals surface area contributed by atoms with E-state index in [-0.39, 0.29) is 11.9 Å². The van der Waals surface area contributed by atoms with Crippen LogP contribution in [0.25, 0.3) is 11.1 Å². The second-order valence-corrected chi connectivity index (χ2v) is 7.01. The van der Waals surface area contributed by atoms with Crippen LogP contribution in [0.15, 0.2) is 72.8 Å². The van der Waals surface area contributed by atoms with Gasteiger partial charge in [0, 0.05) is 36.4 Å². The van der Waals surface area contributed by atoms with E-state index in [0.717, 1.165) is 29.9 Å². The fourth-order valence-electron chi connectivity index (χ4n) is 3.75. The first-order chi connectivity index (χ1) is 13.8. The second kappa shape index (κ2) is 8.28. The van der Waals surface area contributed by atoms with Gasteiger partial charge in [-0.25, -0.2) is 0 Å². The molecule has 4 heteroatoms. The van der Waals surface area contributed by atoms with Crippen molar-refractivity contribution >= 4 is 11.6 Å². The van der Waals surface area contributed by atoms with Crippen molar-refractivity contribution in [2.75, 3.05) is 18.4 Å². The van der Waals surface area contributed by atoms with Crippen molar-refractivity contribution < 1.29 is 4.79 Å². The monoisotopic (exact) mass is 371 g/mol. The highest BCUT2D eigenvalue weighted by Crippen LogP contribution is 2.33. The molecule has 0 fully saturated rings. The Balaban J connectivity index is 1.73. The van der Waals surface area contributed by atoms with E-state index >= 15 is 0 Å². The van der Waals surface area contributed by atoms with Gasteiger partial charge >= 0.3 is 0 Å². The van der Waals surface area contributed by atoms with Crippen molar-refractivity contribution in [1.82, 2.24) is 10.6 Å². The minimum atomic E-state index is -0.0488. The van der Waals surface area contributed by atoms with Crippen molar-refractivity contribution in [3.8, 4) is 11.1 Å². The fourth-order valence-corrected chi connectivity index (χ4v) is 3.75. The van der Waals surface area contributed by atoms with Crippen LogP contribution in [0.4, 0.5) is 5.69 Å². The fraction of sp³-hybridized carbons (Fsp3) is 0.208. The van der Waals surface area contributed by atoms with E-state index in [4.69, 9.17) is 0 Å². The molecule has 3 aromatic rings. The van der Waals surface area contributed by atoms with Gasteiger partial charge in [-0.05, 0) is 35.7 Å². The van der Waals surface area contributed by atoms with E-state index in [0.29, 0.717) is 12.1 Å². The van der Waals surface area contributed by atoms with Crippen LogP contribution in [0.2, 0.25) is 0 Å². The smallest absolute Gasteiger partial charge is 0.251 e. The van der Waals surface area contributed by atoms with Crippen LogP contribution in [0.3, 0.4) is 0 Å². The zero-order valence-corrected chi connectivity index (χ0v) is 16.0. The van der Waals surface area contributed by atoms with Gasteiger partial charge in [-0.2, -0.15) is 0 Å². The highest BCUT2D eigenvalue weighted by molar-refractivity contribution is 5.97. The quantitative estimate of drug-likeness (QED) is 0.625. The lowest BCUT2D eigenvalue weighted by atomic mass is 9.95. The zero-order valence-electron chi connectivity index (χ0n) is 16.0. The number of nitrogens with one attached hydrogen (secondary N) is 3.